The fourth-order valence-corrected chi connectivity index (χ4v) is 5.57. The Morgan fingerprint density at radius 3 is 2.73 bits per heavy atom. The fraction of sp³-hybridized carbons (Fsp3) is 0.348. The number of benzene rings is 2. The molecule has 10 heteroatoms. The van der Waals surface area contributed by atoms with E-state index in [1.54, 1.807) is 43.3 Å². The van der Waals surface area contributed by atoms with Crippen LogP contribution in [0.4, 0.5) is 9.18 Å². The van der Waals surface area contributed by atoms with Gasteiger partial charge >= 0.3 is 6.03 Å². The summed E-state index contributed by atoms with van der Waals surface area (Å²) in [6, 6.07) is 10.7. The Labute approximate surface area is 194 Å². The van der Waals surface area contributed by atoms with Crippen LogP contribution < -0.4 is 14.8 Å². The molecule has 0 aliphatic carbocycles. The Bertz CT molecular complexity index is 1140. The Morgan fingerprint density at radius 2 is 1.94 bits per heavy atom. The molecule has 2 atom stereocenters. The number of imide groups is 1. The third kappa shape index (κ3) is 3.68. The number of fused-ring (bicyclic) bond motifs is 1. The van der Waals surface area contributed by atoms with Crippen molar-refractivity contribution < 1.29 is 28.2 Å². The van der Waals surface area contributed by atoms with Gasteiger partial charge in [-0.25, -0.2) is 9.18 Å². The molecule has 2 aromatic rings. The van der Waals surface area contributed by atoms with Gasteiger partial charge in [0.05, 0.1) is 0 Å². The van der Waals surface area contributed by atoms with Crippen LogP contribution in [-0.2, 0) is 15.1 Å². The topological polar surface area (TPSA) is 88.2 Å². The van der Waals surface area contributed by atoms with Crippen molar-refractivity contribution in [1.82, 2.24) is 15.1 Å². The predicted molar refractivity (Wildman–Crippen MR) is 118 cm³/mol. The molecule has 0 bridgehead atoms. The van der Waals surface area contributed by atoms with Crippen LogP contribution in [0.1, 0.15) is 23.4 Å². The van der Waals surface area contributed by atoms with Crippen LogP contribution in [-0.4, -0.2) is 59.7 Å². The molecule has 3 aliphatic heterocycles. The highest BCUT2D eigenvalue weighted by atomic mass is 32.2. The minimum atomic E-state index is -1.35. The maximum Gasteiger partial charge on any atom is 0.325 e. The van der Waals surface area contributed by atoms with E-state index in [-0.39, 0.29) is 0 Å². The van der Waals surface area contributed by atoms with Crippen LogP contribution >= 0.6 is 11.8 Å². The number of hydrogen-bond donors (Lipinski definition) is 1. The van der Waals surface area contributed by atoms with Crippen molar-refractivity contribution in [2.45, 2.75) is 17.8 Å². The molecule has 0 saturated carbocycles. The van der Waals surface area contributed by atoms with Crippen molar-refractivity contribution in [2.24, 2.45) is 0 Å². The van der Waals surface area contributed by atoms with Gasteiger partial charge in [0.1, 0.15) is 36.5 Å². The number of thioether (sulfide) groups is 1. The molecular weight excluding hydrogens is 449 g/mol. The van der Waals surface area contributed by atoms with Gasteiger partial charge in [-0.1, -0.05) is 24.3 Å². The molecule has 0 unspecified atom stereocenters. The summed E-state index contributed by atoms with van der Waals surface area (Å²) in [5, 5.41) is 2.21. The predicted octanol–water partition coefficient (Wildman–Crippen LogP) is 2.64. The summed E-state index contributed by atoms with van der Waals surface area (Å²) >= 11 is 1.45. The molecule has 0 radical (unpaired) electrons. The van der Waals surface area contributed by atoms with Crippen molar-refractivity contribution in [2.75, 3.05) is 32.1 Å². The minimum Gasteiger partial charge on any atom is -0.486 e. The van der Waals surface area contributed by atoms with Gasteiger partial charge in [0, 0.05) is 17.9 Å². The third-order valence-corrected chi connectivity index (χ3v) is 7.31. The summed E-state index contributed by atoms with van der Waals surface area (Å²) in [5.41, 5.74) is -0.412. The zero-order valence-electron chi connectivity index (χ0n) is 17.9. The van der Waals surface area contributed by atoms with Crippen LogP contribution in [0.3, 0.4) is 0 Å². The first-order valence-electron chi connectivity index (χ1n) is 10.6. The molecule has 2 fully saturated rings. The van der Waals surface area contributed by atoms with E-state index in [0.29, 0.717) is 48.1 Å². The number of carbonyl (C=O) groups excluding carboxylic acids is 3. The first-order valence-corrected chi connectivity index (χ1v) is 11.6. The number of nitrogens with zero attached hydrogens (tertiary/aromatic N) is 2. The fourth-order valence-electron chi connectivity index (χ4n) is 4.28. The van der Waals surface area contributed by atoms with Crippen molar-refractivity contribution in [3.8, 4) is 11.5 Å². The van der Waals surface area contributed by atoms with Gasteiger partial charge in [0.2, 0.25) is 5.91 Å². The lowest BCUT2D eigenvalue weighted by Gasteiger charge is -2.27. The zero-order chi connectivity index (χ0) is 23.2. The number of nitrogens with one attached hydrogen (secondary N) is 1. The summed E-state index contributed by atoms with van der Waals surface area (Å²) in [7, 11) is 0. The third-order valence-electron chi connectivity index (χ3n) is 6.07. The van der Waals surface area contributed by atoms with Gasteiger partial charge in [0.15, 0.2) is 11.5 Å². The normalized spacial score (nSPS) is 24.2. The smallest absolute Gasteiger partial charge is 0.325 e. The SMILES string of the molecule is C[C@@]1(c2ccc3c(c2)OCCO3)NC(=O)N(CC(=O)N2CCS[C@H]2c2ccccc2F)C1=O. The largest absolute Gasteiger partial charge is 0.486 e. The van der Waals surface area contributed by atoms with E-state index in [4.69, 9.17) is 9.47 Å². The van der Waals surface area contributed by atoms with Gasteiger partial charge in [-0.2, -0.15) is 0 Å². The highest BCUT2D eigenvalue weighted by molar-refractivity contribution is 7.99. The van der Waals surface area contributed by atoms with Crippen LogP contribution in [0, 0.1) is 5.82 Å². The van der Waals surface area contributed by atoms with Crippen molar-refractivity contribution >= 4 is 29.6 Å². The number of urea groups is 1. The van der Waals surface area contributed by atoms with E-state index >= 15 is 0 Å². The highest BCUT2D eigenvalue weighted by Crippen LogP contribution is 2.40. The molecule has 4 amide bonds. The first kappa shape index (κ1) is 21.6. The first-order chi connectivity index (χ1) is 15.9. The maximum absolute atomic E-state index is 14.3. The average Bonchev–Trinajstić information content (AvgIpc) is 3.39. The monoisotopic (exact) mass is 471 g/mol. The van der Waals surface area contributed by atoms with Gasteiger partial charge in [-0.15, -0.1) is 11.8 Å². The van der Waals surface area contributed by atoms with Crippen LogP contribution in [0.2, 0.25) is 0 Å². The molecule has 3 heterocycles. The number of rotatable bonds is 4. The van der Waals surface area contributed by atoms with E-state index in [1.165, 1.54) is 22.7 Å². The van der Waals surface area contributed by atoms with E-state index in [9.17, 15) is 18.8 Å². The average molecular weight is 472 g/mol. The minimum absolute atomic E-state index is 0.393. The van der Waals surface area contributed by atoms with Crippen molar-refractivity contribution in [3.63, 3.8) is 0 Å². The molecule has 33 heavy (non-hydrogen) atoms. The lowest BCUT2D eigenvalue weighted by atomic mass is 9.91. The van der Waals surface area contributed by atoms with Gasteiger partial charge in [-0.3, -0.25) is 14.5 Å². The van der Waals surface area contributed by atoms with Crippen LogP contribution in [0.25, 0.3) is 0 Å². The molecule has 2 saturated heterocycles. The second-order valence-electron chi connectivity index (χ2n) is 8.14. The maximum atomic E-state index is 14.3. The Morgan fingerprint density at radius 1 is 1.18 bits per heavy atom. The summed E-state index contributed by atoms with van der Waals surface area (Å²) in [5.74, 6) is 0.368. The molecule has 5 rings (SSSR count). The molecule has 8 nitrogen and oxygen atoms in total. The lowest BCUT2D eigenvalue weighted by molar-refractivity contribution is -0.139. The van der Waals surface area contributed by atoms with Gasteiger partial charge < -0.3 is 19.7 Å². The van der Waals surface area contributed by atoms with Gasteiger partial charge in [0.25, 0.3) is 5.91 Å². The Hall–Kier alpha value is -3.27. The number of ether oxygens (including phenoxy) is 2. The van der Waals surface area contributed by atoms with Crippen molar-refractivity contribution in [3.05, 3.63) is 59.4 Å². The molecule has 0 aromatic heterocycles. The van der Waals surface area contributed by atoms with Crippen molar-refractivity contribution in [1.29, 1.82) is 0 Å². The molecule has 3 aliphatic rings. The van der Waals surface area contributed by atoms with Crippen LogP contribution in [0.15, 0.2) is 42.5 Å². The molecule has 0 spiro atoms. The standard InChI is InChI=1S/C23H22FN3O5S/c1-23(14-6-7-17-18(12-14)32-10-9-31-17)21(29)27(22(30)25-23)13-19(28)26-8-11-33-20(26)15-4-2-3-5-16(15)24/h2-7,12,20H,8-11,13H2,1H3,(H,25,30)/t20-,23-/m0/s1. The zero-order valence-corrected chi connectivity index (χ0v) is 18.7. The number of carbonyl (C=O) groups is 3. The van der Waals surface area contributed by atoms with E-state index in [2.05, 4.69) is 5.32 Å². The second kappa shape index (κ2) is 8.26. The molecule has 2 aromatic carbocycles. The number of amides is 4. The lowest BCUT2D eigenvalue weighted by Crippen LogP contribution is -2.44. The quantitative estimate of drug-likeness (QED) is 0.690. The van der Waals surface area contributed by atoms with E-state index in [1.807, 2.05) is 0 Å². The number of hydrogen-bond acceptors (Lipinski definition) is 6. The molecule has 172 valence electrons. The van der Waals surface area contributed by atoms with E-state index in [0.717, 1.165) is 4.90 Å². The Balaban J connectivity index is 1.35. The summed E-state index contributed by atoms with van der Waals surface area (Å²) in [4.78, 5) is 41.6. The second-order valence-corrected chi connectivity index (χ2v) is 9.32. The molecule has 1 N–H and O–H groups in total. The summed E-state index contributed by atoms with van der Waals surface area (Å²) in [6.45, 7) is 2.42. The molecular formula is C23H22FN3O5S. The van der Waals surface area contributed by atoms with Crippen LogP contribution in [0.5, 0.6) is 11.5 Å². The van der Waals surface area contributed by atoms with Gasteiger partial charge in [-0.05, 0) is 30.7 Å². The highest BCUT2D eigenvalue weighted by Gasteiger charge is 2.50. The Kier molecular flexibility index (Phi) is 5.40. The van der Waals surface area contributed by atoms with E-state index < -0.39 is 41.1 Å². The summed E-state index contributed by atoms with van der Waals surface area (Å²) in [6.07, 6.45) is 0. The summed E-state index contributed by atoms with van der Waals surface area (Å²) < 4.78 is 25.4. The number of halogens is 1.